The monoisotopic (exact) mass is 393 g/mol. The summed E-state index contributed by atoms with van der Waals surface area (Å²) in [4.78, 5) is 11.9. The number of aryl methyl sites for hydroxylation is 1. The van der Waals surface area contributed by atoms with E-state index in [1.807, 2.05) is 13.0 Å². The third kappa shape index (κ3) is 4.16. The Morgan fingerprint density at radius 1 is 1.00 bits per heavy atom. The van der Waals surface area contributed by atoms with Gasteiger partial charge >= 0.3 is 5.97 Å². The van der Waals surface area contributed by atoms with E-state index in [9.17, 15) is 13.2 Å². The van der Waals surface area contributed by atoms with E-state index in [0.29, 0.717) is 11.4 Å². The van der Waals surface area contributed by atoms with Crippen LogP contribution in [0.3, 0.4) is 0 Å². The number of rotatable bonds is 7. The Hall–Kier alpha value is -2.74. The maximum Gasteiger partial charge on any atom is 0.326 e. The fourth-order valence-electron chi connectivity index (χ4n) is 2.59. The van der Waals surface area contributed by atoms with E-state index >= 15 is 0 Å². The number of carbonyl (C=O) groups excluding carboxylic acids is 1. The number of sulfonamides is 1. The minimum atomic E-state index is -4.06. The Morgan fingerprint density at radius 2 is 1.67 bits per heavy atom. The molecule has 27 heavy (non-hydrogen) atoms. The van der Waals surface area contributed by atoms with Gasteiger partial charge in [-0.25, -0.2) is 8.42 Å². The maximum atomic E-state index is 13.3. The number of benzene rings is 2. The molecular weight excluding hydrogens is 370 g/mol. The van der Waals surface area contributed by atoms with Gasteiger partial charge in [-0.2, -0.15) is 0 Å². The van der Waals surface area contributed by atoms with E-state index in [0.717, 1.165) is 15.4 Å². The molecule has 2 rings (SSSR count). The molecule has 0 amide bonds. The molecule has 7 nitrogen and oxygen atoms in total. The Kier molecular flexibility index (Phi) is 6.32. The van der Waals surface area contributed by atoms with E-state index in [2.05, 4.69) is 0 Å². The SMILES string of the molecule is COC(=O)CN(c1cccc(C)c1C)S(=O)(=O)c1ccc(OC)c(OC)c1. The van der Waals surface area contributed by atoms with Crippen molar-refractivity contribution in [2.45, 2.75) is 18.7 Å². The van der Waals surface area contributed by atoms with Crippen LogP contribution in [0.5, 0.6) is 11.5 Å². The van der Waals surface area contributed by atoms with Crippen LogP contribution in [0.4, 0.5) is 5.69 Å². The Morgan fingerprint density at radius 3 is 2.26 bits per heavy atom. The van der Waals surface area contributed by atoms with Crippen molar-refractivity contribution in [1.29, 1.82) is 0 Å². The van der Waals surface area contributed by atoms with E-state index in [1.54, 1.807) is 19.1 Å². The van der Waals surface area contributed by atoms with Gasteiger partial charge in [-0.05, 0) is 43.2 Å². The smallest absolute Gasteiger partial charge is 0.326 e. The highest BCUT2D eigenvalue weighted by molar-refractivity contribution is 7.92. The molecule has 0 saturated heterocycles. The van der Waals surface area contributed by atoms with Crippen LogP contribution in [-0.4, -0.2) is 42.3 Å². The highest BCUT2D eigenvalue weighted by Crippen LogP contribution is 2.33. The van der Waals surface area contributed by atoms with E-state index < -0.39 is 22.5 Å². The first-order chi connectivity index (χ1) is 12.8. The van der Waals surface area contributed by atoms with Gasteiger partial charge in [0.1, 0.15) is 6.54 Å². The number of hydrogen-bond donors (Lipinski definition) is 0. The predicted octanol–water partition coefficient (Wildman–Crippen LogP) is 2.69. The molecule has 0 aromatic heterocycles. The lowest BCUT2D eigenvalue weighted by atomic mass is 10.1. The number of ether oxygens (including phenoxy) is 3. The Bertz CT molecular complexity index is 939. The van der Waals surface area contributed by atoms with Gasteiger partial charge in [0.05, 0.1) is 31.9 Å². The molecule has 2 aromatic rings. The first-order valence-electron chi connectivity index (χ1n) is 8.14. The zero-order valence-corrected chi connectivity index (χ0v) is 16.8. The number of hydrogen-bond acceptors (Lipinski definition) is 6. The molecule has 0 unspecified atom stereocenters. The van der Waals surface area contributed by atoms with Gasteiger partial charge in [0.15, 0.2) is 11.5 Å². The predicted molar refractivity (Wildman–Crippen MR) is 102 cm³/mol. The summed E-state index contributed by atoms with van der Waals surface area (Å²) >= 11 is 0. The van der Waals surface area contributed by atoms with Crippen molar-refractivity contribution < 1.29 is 27.4 Å². The fourth-order valence-corrected chi connectivity index (χ4v) is 4.07. The van der Waals surface area contributed by atoms with Gasteiger partial charge in [-0.15, -0.1) is 0 Å². The largest absolute Gasteiger partial charge is 0.493 e. The lowest BCUT2D eigenvalue weighted by molar-refractivity contribution is -0.138. The van der Waals surface area contributed by atoms with Crippen LogP contribution in [0.15, 0.2) is 41.3 Å². The second-order valence-corrected chi connectivity index (χ2v) is 7.69. The molecule has 0 heterocycles. The molecule has 0 aliphatic rings. The van der Waals surface area contributed by atoms with Crippen molar-refractivity contribution in [3.63, 3.8) is 0 Å². The molecule has 0 aliphatic carbocycles. The van der Waals surface area contributed by atoms with Gasteiger partial charge in [0.25, 0.3) is 10.0 Å². The second kappa shape index (κ2) is 8.30. The summed E-state index contributed by atoms with van der Waals surface area (Å²) in [7, 11) is 0.0415. The first kappa shape index (κ1) is 20.6. The number of esters is 1. The van der Waals surface area contributed by atoms with E-state index in [4.69, 9.17) is 14.2 Å². The summed E-state index contributed by atoms with van der Waals surface area (Å²) in [5, 5.41) is 0. The molecule has 0 fully saturated rings. The van der Waals surface area contributed by atoms with E-state index in [1.165, 1.54) is 39.5 Å². The average molecular weight is 393 g/mol. The van der Waals surface area contributed by atoms with Crippen molar-refractivity contribution >= 4 is 21.7 Å². The zero-order valence-electron chi connectivity index (χ0n) is 16.0. The molecule has 0 bridgehead atoms. The molecule has 0 spiro atoms. The van der Waals surface area contributed by atoms with Gasteiger partial charge in [-0.3, -0.25) is 9.10 Å². The minimum absolute atomic E-state index is 0.0232. The molecule has 0 saturated carbocycles. The van der Waals surface area contributed by atoms with Crippen molar-refractivity contribution in [2.75, 3.05) is 32.2 Å². The molecule has 0 N–H and O–H groups in total. The average Bonchev–Trinajstić information content (AvgIpc) is 2.67. The van der Waals surface area contributed by atoms with Crippen LogP contribution in [-0.2, 0) is 19.6 Å². The first-order valence-corrected chi connectivity index (χ1v) is 9.58. The zero-order chi connectivity index (χ0) is 20.2. The molecule has 146 valence electrons. The van der Waals surface area contributed by atoms with Crippen molar-refractivity contribution in [3.05, 3.63) is 47.5 Å². The second-order valence-electron chi connectivity index (χ2n) is 5.82. The third-order valence-electron chi connectivity index (χ3n) is 4.29. The Balaban J connectivity index is 2.63. The third-order valence-corrected chi connectivity index (χ3v) is 6.04. The quantitative estimate of drug-likeness (QED) is 0.673. The molecular formula is C19H23NO6S. The minimum Gasteiger partial charge on any atom is -0.493 e. The number of methoxy groups -OCH3 is 3. The summed E-state index contributed by atoms with van der Waals surface area (Å²) in [5.74, 6) is 0.0141. The standard InChI is InChI=1S/C19H23NO6S/c1-13-7-6-8-16(14(13)2)20(12-19(21)26-5)27(22,23)15-9-10-17(24-3)18(11-15)25-4/h6-11H,12H2,1-5H3. The molecule has 0 atom stereocenters. The van der Waals surface area contributed by atoms with Crippen LogP contribution < -0.4 is 13.8 Å². The summed E-state index contributed by atoms with van der Waals surface area (Å²) in [6.07, 6.45) is 0. The summed E-state index contributed by atoms with van der Waals surface area (Å²) in [6, 6.07) is 9.55. The van der Waals surface area contributed by atoms with Crippen LogP contribution >= 0.6 is 0 Å². The molecule has 0 aliphatic heterocycles. The molecule has 8 heteroatoms. The molecule has 0 radical (unpaired) electrons. The fraction of sp³-hybridized carbons (Fsp3) is 0.316. The summed E-state index contributed by atoms with van der Waals surface area (Å²) in [5.41, 5.74) is 2.07. The van der Waals surface area contributed by atoms with Crippen molar-refractivity contribution in [1.82, 2.24) is 0 Å². The summed E-state index contributed by atoms with van der Waals surface area (Å²) in [6.45, 7) is 3.23. The maximum absolute atomic E-state index is 13.3. The molecule has 2 aromatic carbocycles. The topological polar surface area (TPSA) is 82.1 Å². The van der Waals surface area contributed by atoms with Crippen LogP contribution in [0.1, 0.15) is 11.1 Å². The number of carbonyl (C=O) groups is 1. The van der Waals surface area contributed by atoms with Gasteiger partial charge in [-0.1, -0.05) is 12.1 Å². The van der Waals surface area contributed by atoms with Crippen molar-refractivity contribution in [3.8, 4) is 11.5 Å². The highest BCUT2D eigenvalue weighted by Gasteiger charge is 2.29. The lowest BCUT2D eigenvalue weighted by Gasteiger charge is -2.26. The number of anilines is 1. The van der Waals surface area contributed by atoms with Crippen molar-refractivity contribution in [2.24, 2.45) is 0 Å². The highest BCUT2D eigenvalue weighted by atomic mass is 32.2. The lowest BCUT2D eigenvalue weighted by Crippen LogP contribution is -2.37. The summed E-state index contributed by atoms with van der Waals surface area (Å²) < 4.78 is 42.8. The van der Waals surface area contributed by atoms with Crippen LogP contribution in [0, 0.1) is 13.8 Å². The van der Waals surface area contributed by atoms with Gasteiger partial charge in [0, 0.05) is 6.07 Å². The van der Waals surface area contributed by atoms with Crippen LogP contribution in [0.2, 0.25) is 0 Å². The van der Waals surface area contributed by atoms with Gasteiger partial charge < -0.3 is 14.2 Å². The normalized spacial score (nSPS) is 11.0. The van der Waals surface area contributed by atoms with Gasteiger partial charge in [0.2, 0.25) is 0 Å². The number of nitrogens with zero attached hydrogens (tertiary/aromatic N) is 1. The van der Waals surface area contributed by atoms with E-state index in [-0.39, 0.29) is 10.6 Å². The van der Waals surface area contributed by atoms with Crippen LogP contribution in [0.25, 0.3) is 0 Å². The Labute approximate surface area is 159 Å².